The standard InChI is InChI=1S/C6H6BrNO3/c7-4-1-2-8(6(10)11)3-5(4)9/h1H,2-3H2,(H,10,11). The summed E-state index contributed by atoms with van der Waals surface area (Å²) in [5.74, 6) is -0.196. The molecule has 0 atom stereocenters. The van der Waals surface area contributed by atoms with Gasteiger partial charge in [0.25, 0.3) is 0 Å². The molecule has 0 aromatic heterocycles. The van der Waals surface area contributed by atoms with E-state index in [0.29, 0.717) is 4.48 Å². The molecule has 1 amide bonds. The molecule has 1 N–H and O–H groups in total. The molecule has 1 rings (SSSR count). The van der Waals surface area contributed by atoms with Crippen LogP contribution in [0.1, 0.15) is 0 Å². The van der Waals surface area contributed by atoms with E-state index in [4.69, 9.17) is 5.11 Å². The molecule has 0 aliphatic carbocycles. The normalized spacial score (nSPS) is 18.1. The van der Waals surface area contributed by atoms with Crippen molar-refractivity contribution in [2.24, 2.45) is 0 Å². The third-order valence-electron chi connectivity index (χ3n) is 1.36. The predicted molar refractivity (Wildman–Crippen MR) is 41.6 cm³/mol. The third kappa shape index (κ3) is 1.80. The number of ketones is 1. The molecule has 60 valence electrons. The van der Waals surface area contributed by atoms with E-state index >= 15 is 0 Å². The summed E-state index contributed by atoms with van der Waals surface area (Å²) in [6.07, 6.45) is 0.481. The van der Waals surface area contributed by atoms with Crippen molar-refractivity contribution in [3.05, 3.63) is 10.6 Å². The van der Waals surface area contributed by atoms with Gasteiger partial charge in [-0.3, -0.25) is 9.69 Å². The van der Waals surface area contributed by atoms with Crippen molar-refractivity contribution in [3.8, 4) is 0 Å². The van der Waals surface area contributed by atoms with Gasteiger partial charge in [-0.2, -0.15) is 0 Å². The maximum atomic E-state index is 10.9. The Bertz CT molecular complexity index is 236. The average molecular weight is 220 g/mol. The molecular formula is C6H6BrNO3. The number of carboxylic acid groups (broad SMARTS) is 1. The minimum Gasteiger partial charge on any atom is -0.465 e. The second kappa shape index (κ2) is 3.04. The van der Waals surface area contributed by atoms with Crippen molar-refractivity contribution < 1.29 is 14.7 Å². The molecule has 4 nitrogen and oxygen atoms in total. The Kier molecular flexibility index (Phi) is 2.28. The molecule has 0 saturated heterocycles. The van der Waals surface area contributed by atoms with Crippen LogP contribution in [0.5, 0.6) is 0 Å². The van der Waals surface area contributed by atoms with Gasteiger partial charge in [-0.05, 0) is 22.0 Å². The van der Waals surface area contributed by atoms with Gasteiger partial charge in [0, 0.05) is 6.54 Å². The van der Waals surface area contributed by atoms with E-state index in [0.717, 1.165) is 4.90 Å². The molecular weight excluding hydrogens is 214 g/mol. The van der Waals surface area contributed by atoms with E-state index < -0.39 is 6.09 Å². The SMILES string of the molecule is O=C1CN(C(=O)O)CC=C1Br. The monoisotopic (exact) mass is 219 g/mol. The van der Waals surface area contributed by atoms with Gasteiger partial charge in [-0.15, -0.1) is 0 Å². The number of hydrogen-bond acceptors (Lipinski definition) is 2. The summed E-state index contributed by atoms with van der Waals surface area (Å²) >= 11 is 3.02. The van der Waals surface area contributed by atoms with Gasteiger partial charge < -0.3 is 5.11 Å². The summed E-state index contributed by atoms with van der Waals surface area (Å²) in [6.45, 7) is 0.230. The summed E-state index contributed by atoms with van der Waals surface area (Å²) in [4.78, 5) is 22.3. The highest BCUT2D eigenvalue weighted by Gasteiger charge is 2.20. The van der Waals surface area contributed by atoms with E-state index in [2.05, 4.69) is 15.9 Å². The van der Waals surface area contributed by atoms with Gasteiger partial charge in [-0.1, -0.05) is 0 Å². The lowest BCUT2D eigenvalue weighted by atomic mass is 10.2. The fourth-order valence-corrected chi connectivity index (χ4v) is 1.03. The highest BCUT2D eigenvalue weighted by atomic mass is 79.9. The number of amides is 1. The van der Waals surface area contributed by atoms with E-state index in [9.17, 15) is 9.59 Å². The number of halogens is 1. The molecule has 0 aromatic carbocycles. The fourth-order valence-electron chi connectivity index (χ4n) is 0.763. The van der Waals surface area contributed by atoms with E-state index in [1.807, 2.05) is 0 Å². The molecule has 0 spiro atoms. The van der Waals surface area contributed by atoms with Crippen LogP contribution in [0, 0.1) is 0 Å². The highest BCUT2D eigenvalue weighted by Crippen LogP contribution is 2.12. The Labute approximate surface area is 71.6 Å². The van der Waals surface area contributed by atoms with Crippen molar-refractivity contribution in [3.63, 3.8) is 0 Å². The van der Waals surface area contributed by atoms with Crippen molar-refractivity contribution in [1.29, 1.82) is 0 Å². The van der Waals surface area contributed by atoms with Crippen LogP contribution in [-0.2, 0) is 4.79 Å². The van der Waals surface area contributed by atoms with Crippen LogP contribution < -0.4 is 0 Å². The van der Waals surface area contributed by atoms with E-state index in [1.165, 1.54) is 0 Å². The Balaban J connectivity index is 2.70. The first kappa shape index (κ1) is 8.26. The fraction of sp³-hybridized carbons (Fsp3) is 0.333. The van der Waals surface area contributed by atoms with Gasteiger partial charge in [-0.25, -0.2) is 4.79 Å². The maximum absolute atomic E-state index is 10.9. The molecule has 0 radical (unpaired) electrons. The molecule has 0 aromatic rings. The number of nitrogens with zero attached hydrogens (tertiary/aromatic N) is 1. The number of Topliss-reactive ketones (excluding diaryl/α,β-unsaturated/α-hetero) is 1. The van der Waals surface area contributed by atoms with Gasteiger partial charge in [0.2, 0.25) is 0 Å². The Morgan fingerprint density at radius 3 is 2.82 bits per heavy atom. The van der Waals surface area contributed by atoms with Crippen molar-refractivity contribution in [2.45, 2.75) is 0 Å². The predicted octanol–water partition coefficient (Wildman–Crippen LogP) is 0.828. The van der Waals surface area contributed by atoms with Gasteiger partial charge in [0.15, 0.2) is 5.78 Å². The number of carbonyl (C=O) groups excluding carboxylic acids is 1. The molecule has 5 heteroatoms. The molecule has 0 unspecified atom stereocenters. The smallest absolute Gasteiger partial charge is 0.407 e. The van der Waals surface area contributed by atoms with Gasteiger partial charge in [0.05, 0.1) is 11.0 Å². The Hall–Kier alpha value is -0.840. The van der Waals surface area contributed by atoms with Crippen LogP contribution >= 0.6 is 15.9 Å². The highest BCUT2D eigenvalue weighted by molar-refractivity contribution is 9.12. The molecule has 0 fully saturated rings. The first-order valence-electron chi connectivity index (χ1n) is 2.98. The second-order valence-electron chi connectivity index (χ2n) is 2.14. The largest absolute Gasteiger partial charge is 0.465 e. The van der Waals surface area contributed by atoms with E-state index in [1.54, 1.807) is 6.08 Å². The Morgan fingerprint density at radius 2 is 2.36 bits per heavy atom. The lowest BCUT2D eigenvalue weighted by Gasteiger charge is -2.19. The van der Waals surface area contributed by atoms with Crippen LogP contribution in [0.4, 0.5) is 4.79 Å². The number of hydrogen-bond donors (Lipinski definition) is 1. The summed E-state index contributed by atoms with van der Waals surface area (Å²) in [7, 11) is 0. The summed E-state index contributed by atoms with van der Waals surface area (Å²) < 4.78 is 0.468. The van der Waals surface area contributed by atoms with Crippen molar-refractivity contribution in [1.82, 2.24) is 4.90 Å². The molecule has 0 saturated carbocycles. The molecule has 1 aliphatic heterocycles. The second-order valence-corrected chi connectivity index (χ2v) is 2.99. The molecule has 1 aliphatic rings. The van der Waals surface area contributed by atoms with E-state index in [-0.39, 0.29) is 18.9 Å². The number of rotatable bonds is 0. The average Bonchev–Trinajstić information content (AvgIpc) is 1.94. The summed E-state index contributed by atoms with van der Waals surface area (Å²) in [6, 6.07) is 0. The Morgan fingerprint density at radius 1 is 1.73 bits per heavy atom. The molecule has 0 bridgehead atoms. The summed E-state index contributed by atoms with van der Waals surface area (Å²) in [5.41, 5.74) is 0. The topological polar surface area (TPSA) is 57.6 Å². The quantitative estimate of drug-likeness (QED) is 0.657. The number of carbonyl (C=O) groups is 2. The third-order valence-corrected chi connectivity index (χ3v) is 2.13. The lowest BCUT2D eigenvalue weighted by Crippen LogP contribution is -2.37. The van der Waals surface area contributed by atoms with Crippen molar-refractivity contribution >= 4 is 27.8 Å². The zero-order chi connectivity index (χ0) is 8.43. The zero-order valence-electron chi connectivity index (χ0n) is 5.58. The van der Waals surface area contributed by atoms with Crippen molar-refractivity contribution in [2.75, 3.05) is 13.1 Å². The van der Waals surface area contributed by atoms with Crippen LogP contribution in [-0.4, -0.2) is 35.0 Å². The van der Waals surface area contributed by atoms with Crippen LogP contribution in [0.25, 0.3) is 0 Å². The van der Waals surface area contributed by atoms with Crippen LogP contribution in [0.2, 0.25) is 0 Å². The molecule has 11 heavy (non-hydrogen) atoms. The maximum Gasteiger partial charge on any atom is 0.407 e. The van der Waals surface area contributed by atoms with Crippen LogP contribution in [0.3, 0.4) is 0 Å². The van der Waals surface area contributed by atoms with Gasteiger partial charge >= 0.3 is 6.09 Å². The minimum absolute atomic E-state index is 0.0492. The summed E-state index contributed by atoms with van der Waals surface area (Å²) in [5, 5.41) is 8.47. The first-order valence-corrected chi connectivity index (χ1v) is 3.77. The minimum atomic E-state index is -1.06. The molecule has 1 heterocycles. The lowest BCUT2D eigenvalue weighted by molar-refractivity contribution is -0.116. The van der Waals surface area contributed by atoms with Crippen LogP contribution in [0.15, 0.2) is 10.6 Å². The first-order chi connectivity index (χ1) is 5.11. The zero-order valence-corrected chi connectivity index (χ0v) is 7.17. The van der Waals surface area contributed by atoms with Gasteiger partial charge in [0.1, 0.15) is 0 Å².